The Bertz CT molecular complexity index is 411. The summed E-state index contributed by atoms with van der Waals surface area (Å²) in [6.07, 6.45) is 3.12. The largest absolute Gasteiger partial charge is 0.484 e. The van der Waals surface area contributed by atoms with Gasteiger partial charge in [0.1, 0.15) is 5.75 Å². The molecule has 1 fully saturated rings. The van der Waals surface area contributed by atoms with Crippen molar-refractivity contribution in [3.63, 3.8) is 0 Å². The third kappa shape index (κ3) is 3.70. The zero-order chi connectivity index (χ0) is 13.7. The average molecular weight is 262 g/mol. The highest BCUT2D eigenvalue weighted by Crippen LogP contribution is 2.18. The number of amides is 1. The molecule has 1 saturated heterocycles. The molecular formula is C15H22N2O2. The highest BCUT2D eigenvalue weighted by Gasteiger charge is 2.18. The summed E-state index contributed by atoms with van der Waals surface area (Å²) in [6, 6.07) is 7.75. The molecular weight excluding hydrogens is 240 g/mol. The highest BCUT2D eigenvalue weighted by molar-refractivity contribution is 5.78. The second kappa shape index (κ2) is 6.57. The van der Waals surface area contributed by atoms with Gasteiger partial charge in [-0.15, -0.1) is 0 Å². The number of ether oxygens (including phenoxy) is 1. The molecule has 1 aromatic carbocycles. The number of hydrogen-bond acceptors (Lipinski definition) is 3. The fourth-order valence-electron chi connectivity index (χ4n) is 2.25. The molecule has 0 aliphatic carbocycles. The molecule has 1 aromatic rings. The summed E-state index contributed by atoms with van der Waals surface area (Å²) in [4.78, 5) is 13.7. The molecule has 1 atom stereocenters. The average Bonchev–Trinajstić information content (AvgIpc) is 2.98. The molecule has 1 aliphatic rings. The van der Waals surface area contributed by atoms with Crippen LogP contribution >= 0.6 is 0 Å². The zero-order valence-electron chi connectivity index (χ0n) is 11.5. The lowest BCUT2D eigenvalue weighted by Crippen LogP contribution is -2.32. The van der Waals surface area contributed by atoms with E-state index in [1.165, 1.54) is 0 Å². The third-order valence-corrected chi connectivity index (χ3v) is 3.57. The van der Waals surface area contributed by atoms with Crippen molar-refractivity contribution in [1.29, 1.82) is 0 Å². The van der Waals surface area contributed by atoms with Crippen molar-refractivity contribution in [3.05, 3.63) is 29.8 Å². The van der Waals surface area contributed by atoms with Gasteiger partial charge in [0.05, 0.1) is 0 Å². The van der Waals surface area contributed by atoms with Gasteiger partial charge in [-0.1, -0.05) is 19.1 Å². The highest BCUT2D eigenvalue weighted by atomic mass is 16.5. The van der Waals surface area contributed by atoms with Crippen molar-refractivity contribution in [2.24, 2.45) is 5.73 Å². The van der Waals surface area contributed by atoms with Crippen molar-refractivity contribution >= 4 is 5.91 Å². The van der Waals surface area contributed by atoms with Gasteiger partial charge >= 0.3 is 0 Å². The number of carbonyl (C=O) groups is 1. The van der Waals surface area contributed by atoms with Crippen LogP contribution in [0.4, 0.5) is 0 Å². The van der Waals surface area contributed by atoms with Gasteiger partial charge in [0, 0.05) is 19.1 Å². The molecule has 19 heavy (non-hydrogen) atoms. The van der Waals surface area contributed by atoms with E-state index in [1.54, 1.807) is 0 Å². The van der Waals surface area contributed by atoms with Crippen LogP contribution in [0.15, 0.2) is 24.3 Å². The van der Waals surface area contributed by atoms with Crippen molar-refractivity contribution in [3.8, 4) is 5.75 Å². The van der Waals surface area contributed by atoms with Gasteiger partial charge in [0.15, 0.2) is 6.61 Å². The molecule has 2 rings (SSSR count). The first-order chi connectivity index (χ1) is 9.20. The molecule has 0 aromatic heterocycles. The van der Waals surface area contributed by atoms with Gasteiger partial charge in [-0.2, -0.15) is 0 Å². The maximum atomic E-state index is 11.8. The quantitative estimate of drug-likeness (QED) is 0.884. The van der Waals surface area contributed by atoms with E-state index < -0.39 is 0 Å². The normalized spacial score (nSPS) is 16.4. The molecule has 0 spiro atoms. The summed E-state index contributed by atoms with van der Waals surface area (Å²) >= 11 is 0. The molecule has 104 valence electrons. The Kier molecular flexibility index (Phi) is 4.80. The van der Waals surface area contributed by atoms with Gasteiger partial charge in [0.25, 0.3) is 5.91 Å². The standard InChI is InChI=1S/C15H22N2O2/c1-2-14(16)12-5-7-13(8-6-12)19-11-15(18)17-9-3-4-10-17/h5-8,14H,2-4,9-11,16H2,1H3. The molecule has 1 unspecified atom stereocenters. The van der Waals surface area contributed by atoms with Crippen LogP contribution < -0.4 is 10.5 Å². The SMILES string of the molecule is CCC(N)c1ccc(OCC(=O)N2CCCC2)cc1. The summed E-state index contributed by atoms with van der Waals surface area (Å²) < 4.78 is 5.52. The maximum absolute atomic E-state index is 11.8. The Balaban J connectivity index is 1.84. The molecule has 1 amide bonds. The van der Waals surface area contributed by atoms with E-state index in [9.17, 15) is 4.79 Å². The van der Waals surface area contributed by atoms with Crippen LogP contribution in [-0.4, -0.2) is 30.5 Å². The van der Waals surface area contributed by atoms with E-state index in [0.29, 0.717) is 0 Å². The lowest BCUT2D eigenvalue weighted by atomic mass is 10.1. The monoisotopic (exact) mass is 262 g/mol. The van der Waals surface area contributed by atoms with Crippen molar-refractivity contribution in [1.82, 2.24) is 4.90 Å². The smallest absolute Gasteiger partial charge is 0.260 e. The Hall–Kier alpha value is -1.55. The van der Waals surface area contributed by atoms with Gasteiger partial charge < -0.3 is 15.4 Å². The number of benzene rings is 1. The number of carbonyl (C=O) groups excluding carboxylic acids is 1. The topological polar surface area (TPSA) is 55.6 Å². The minimum atomic E-state index is 0.0697. The first-order valence-corrected chi connectivity index (χ1v) is 6.97. The number of nitrogens with zero attached hydrogens (tertiary/aromatic N) is 1. The molecule has 1 aliphatic heterocycles. The fourth-order valence-corrected chi connectivity index (χ4v) is 2.25. The van der Waals surface area contributed by atoms with Crippen LogP contribution in [0.3, 0.4) is 0 Å². The van der Waals surface area contributed by atoms with E-state index in [0.717, 1.165) is 43.7 Å². The molecule has 0 saturated carbocycles. The molecule has 1 heterocycles. The molecule has 0 bridgehead atoms. The first kappa shape index (κ1) is 13.9. The lowest BCUT2D eigenvalue weighted by molar-refractivity contribution is -0.132. The number of rotatable bonds is 5. The Morgan fingerprint density at radius 1 is 1.32 bits per heavy atom. The second-order valence-corrected chi connectivity index (χ2v) is 4.96. The second-order valence-electron chi connectivity index (χ2n) is 4.96. The molecule has 4 heteroatoms. The predicted molar refractivity (Wildman–Crippen MR) is 75.0 cm³/mol. The Labute approximate surface area is 114 Å². The molecule has 2 N–H and O–H groups in total. The number of likely N-dealkylation sites (tertiary alicyclic amines) is 1. The first-order valence-electron chi connectivity index (χ1n) is 6.97. The van der Waals surface area contributed by atoms with Crippen molar-refractivity contribution < 1.29 is 9.53 Å². The fraction of sp³-hybridized carbons (Fsp3) is 0.533. The van der Waals surface area contributed by atoms with Gasteiger partial charge in [-0.25, -0.2) is 0 Å². The van der Waals surface area contributed by atoms with Crippen LogP contribution in [0.5, 0.6) is 5.75 Å². The van der Waals surface area contributed by atoms with Gasteiger partial charge in [-0.05, 0) is 37.0 Å². The van der Waals surface area contributed by atoms with Crippen LogP contribution in [0.2, 0.25) is 0 Å². The van der Waals surface area contributed by atoms with Crippen molar-refractivity contribution in [2.45, 2.75) is 32.2 Å². The lowest BCUT2D eigenvalue weighted by Gasteiger charge is -2.16. The molecule has 0 radical (unpaired) electrons. The van der Waals surface area contributed by atoms with Crippen molar-refractivity contribution in [2.75, 3.05) is 19.7 Å². The summed E-state index contributed by atoms with van der Waals surface area (Å²) in [5.41, 5.74) is 7.05. The Morgan fingerprint density at radius 3 is 2.53 bits per heavy atom. The van der Waals surface area contributed by atoms with Crippen LogP contribution in [0.1, 0.15) is 37.8 Å². The van der Waals surface area contributed by atoms with Gasteiger partial charge in [-0.3, -0.25) is 4.79 Å². The number of hydrogen-bond donors (Lipinski definition) is 1. The van der Waals surface area contributed by atoms with Gasteiger partial charge in [0.2, 0.25) is 0 Å². The third-order valence-electron chi connectivity index (χ3n) is 3.57. The molecule has 4 nitrogen and oxygen atoms in total. The summed E-state index contributed by atoms with van der Waals surface area (Å²) in [5.74, 6) is 0.798. The summed E-state index contributed by atoms with van der Waals surface area (Å²) in [6.45, 7) is 3.92. The maximum Gasteiger partial charge on any atom is 0.260 e. The minimum Gasteiger partial charge on any atom is -0.484 e. The minimum absolute atomic E-state index is 0.0697. The van der Waals surface area contributed by atoms with E-state index in [-0.39, 0.29) is 18.6 Å². The van der Waals surface area contributed by atoms with Crippen LogP contribution in [0.25, 0.3) is 0 Å². The zero-order valence-corrected chi connectivity index (χ0v) is 11.5. The van der Waals surface area contributed by atoms with E-state index in [2.05, 4.69) is 6.92 Å². The Morgan fingerprint density at radius 2 is 1.95 bits per heavy atom. The van der Waals surface area contributed by atoms with E-state index in [4.69, 9.17) is 10.5 Å². The summed E-state index contributed by atoms with van der Waals surface area (Å²) in [5, 5.41) is 0. The van der Waals surface area contributed by atoms with E-state index in [1.807, 2.05) is 29.2 Å². The van der Waals surface area contributed by atoms with Crippen LogP contribution in [-0.2, 0) is 4.79 Å². The summed E-state index contributed by atoms with van der Waals surface area (Å²) in [7, 11) is 0. The van der Waals surface area contributed by atoms with Crippen LogP contribution in [0, 0.1) is 0 Å². The van der Waals surface area contributed by atoms with E-state index >= 15 is 0 Å². The number of nitrogens with two attached hydrogens (primary N) is 1. The predicted octanol–water partition coefficient (Wildman–Crippen LogP) is 2.10.